The highest BCUT2D eigenvalue weighted by atomic mass is 16.2. The van der Waals surface area contributed by atoms with E-state index in [2.05, 4.69) is 29.8 Å². The molecular weight excluding hydrogens is 390 g/mol. The van der Waals surface area contributed by atoms with Crippen molar-refractivity contribution in [3.8, 4) is 0 Å². The molecule has 1 saturated heterocycles. The molecule has 4 N–H and O–H groups in total. The molecule has 0 bridgehead atoms. The number of urea groups is 1. The monoisotopic (exact) mass is 421 g/mol. The van der Waals surface area contributed by atoms with Gasteiger partial charge in [-0.05, 0) is 48.9 Å². The second-order valence-corrected chi connectivity index (χ2v) is 8.61. The molecule has 1 aliphatic rings. The lowest BCUT2D eigenvalue weighted by Crippen LogP contribution is -2.44. The number of rotatable bonds is 8. The van der Waals surface area contributed by atoms with E-state index in [1.165, 1.54) is 10.5 Å². The first-order valence-corrected chi connectivity index (χ1v) is 10.6. The number of nitrogens with one attached hydrogen (secondary N) is 4. The Labute approximate surface area is 183 Å². The molecule has 1 fully saturated rings. The Balaban J connectivity index is 1.50. The van der Waals surface area contributed by atoms with E-state index in [0.717, 1.165) is 12.0 Å². The van der Waals surface area contributed by atoms with Crippen molar-refractivity contribution in [3.63, 3.8) is 0 Å². The Hall–Kier alpha value is -3.35. The van der Waals surface area contributed by atoms with Crippen LogP contribution in [-0.2, 0) is 17.8 Å². The van der Waals surface area contributed by atoms with Gasteiger partial charge < -0.3 is 16.0 Å². The summed E-state index contributed by atoms with van der Waals surface area (Å²) in [6.45, 7) is 6.86. The van der Waals surface area contributed by atoms with Gasteiger partial charge in [0.15, 0.2) is 5.96 Å². The highest BCUT2D eigenvalue weighted by molar-refractivity contribution is 6.07. The van der Waals surface area contributed by atoms with Crippen LogP contribution in [0.15, 0.2) is 54.6 Å². The first-order valence-electron chi connectivity index (χ1n) is 10.6. The van der Waals surface area contributed by atoms with Crippen molar-refractivity contribution in [2.24, 2.45) is 5.92 Å². The van der Waals surface area contributed by atoms with Crippen LogP contribution >= 0.6 is 0 Å². The van der Waals surface area contributed by atoms with Gasteiger partial charge in [-0.15, -0.1) is 0 Å². The van der Waals surface area contributed by atoms with E-state index in [4.69, 9.17) is 5.41 Å². The number of guanidine groups is 1. The minimum Gasteiger partial charge on any atom is -0.342 e. The van der Waals surface area contributed by atoms with Crippen molar-refractivity contribution in [1.82, 2.24) is 15.5 Å². The van der Waals surface area contributed by atoms with Crippen LogP contribution in [0.2, 0.25) is 0 Å². The summed E-state index contributed by atoms with van der Waals surface area (Å²) in [7, 11) is 0. The van der Waals surface area contributed by atoms with Crippen LogP contribution in [0.5, 0.6) is 0 Å². The summed E-state index contributed by atoms with van der Waals surface area (Å²) >= 11 is 0. The Bertz CT molecular complexity index is 927. The predicted octanol–water partition coefficient (Wildman–Crippen LogP) is 3.72. The van der Waals surface area contributed by atoms with Gasteiger partial charge in [0.25, 0.3) is 5.91 Å². The summed E-state index contributed by atoms with van der Waals surface area (Å²) in [5.41, 5.74) is 2.01. The fraction of sp³-hybridized carbons (Fsp3) is 0.375. The molecule has 0 saturated carbocycles. The summed E-state index contributed by atoms with van der Waals surface area (Å²) in [6, 6.07) is 17.1. The number of nitrogens with zero attached hydrogens (tertiary/aromatic N) is 1. The summed E-state index contributed by atoms with van der Waals surface area (Å²) in [5.74, 6) is 0.401. The minimum atomic E-state index is -0.732. The number of carbonyl (C=O) groups excluding carboxylic acids is 2. The number of carbonyl (C=O) groups is 2. The van der Waals surface area contributed by atoms with E-state index in [-0.39, 0.29) is 17.9 Å². The van der Waals surface area contributed by atoms with Crippen LogP contribution in [0.4, 0.5) is 10.5 Å². The SMILES string of the molecule is CC(C)CC1(C)NC(=N)N(Cc2ccc(NC(=O)NCCc3ccccc3)cc2)C1=O. The van der Waals surface area contributed by atoms with Crippen molar-refractivity contribution >= 4 is 23.6 Å². The molecule has 0 aromatic heterocycles. The summed E-state index contributed by atoms with van der Waals surface area (Å²) < 4.78 is 0. The molecule has 1 unspecified atom stereocenters. The zero-order valence-corrected chi connectivity index (χ0v) is 18.4. The van der Waals surface area contributed by atoms with Crippen molar-refractivity contribution < 1.29 is 9.59 Å². The highest BCUT2D eigenvalue weighted by Gasteiger charge is 2.45. The van der Waals surface area contributed by atoms with E-state index in [9.17, 15) is 9.59 Å². The number of amides is 3. The van der Waals surface area contributed by atoms with Gasteiger partial charge in [0, 0.05) is 12.2 Å². The molecule has 0 aliphatic carbocycles. The molecular formula is C24H31N5O2. The largest absolute Gasteiger partial charge is 0.342 e. The average molecular weight is 422 g/mol. The molecule has 2 aromatic rings. The Kier molecular flexibility index (Phi) is 6.95. The maximum atomic E-state index is 12.9. The Morgan fingerprint density at radius 2 is 1.77 bits per heavy atom. The van der Waals surface area contributed by atoms with Crippen LogP contribution < -0.4 is 16.0 Å². The van der Waals surface area contributed by atoms with Crippen LogP contribution in [0.3, 0.4) is 0 Å². The molecule has 0 spiro atoms. The van der Waals surface area contributed by atoms with Crippen molar-refractivity contribution in [1.29, 1.82) is 5.41 Å². The summed E-state index contributed by atoms with van der Waals surface area (Å²) in [4.78, 5) is 26.4. The smallest absolute Gasteiger partial charge is 0.319 e. The molecule has 164 valence electrons. The second-order valence-electron chi connectivity index (χ2n) is 8.61. The van der Waals surface area contributed by atoms with E-state index >= 15 is 0 Å². The van der Waals surface area contributed by atoms with Gasteiger partial charge in [-0.1, -0.05) is 56.3 Å². The molecule has 7 nitrogen and oxygen atoms in total. The average Bonchev–Trinajstić information content (AvgIpc) is 2.92. The van der Waals surface area contributed by atoms with Crippen molar-refractivity contribution in [2.45, 2.75) is 45.7 Å². The molecule has 31 heavy (non-hydrogen) atoms. The zero-order chi connectivity index (χ0) is 22.4. The van der Waals surface area contributed by atoms with Gasteiger partial charge in [-0.2, -0.15) is 0 Å². The lowest BCUT2D eigenvalue weighted by atomic mass is 9.91. The quantitative estimate of drug-likeness (QED) is 0.523. The van der Waals surface area contributed by atoms with E-state index in [1.54, 1.807) is 12.1 Å². The number of benzene rings is 2. The fourth-order valence-electron chi connectivity index (χ4n) is 3.90. The molecule has 1 aliphatic heterocycles. The predicted molar refractivity (Wildman–Crippen MR) is 123 cm³/mol. The first kappa shape index (κ1) is 22.3. The normalized spacial score (nSPS) is 18.3. The molecule has 3 amide bonds. The maximum absolute atomic E-state index is 12.9. The van der Waals surface area contributed by atoms with E-state index < -0.39 is 5.54 Å². The summed E-state index contributed by atoms with van der Waals surface area (Å²) in [6.07, 6.45) is 1.44. The topological polar surface area (TPSA) is 97.3 Å². The van der Waals surface area contributed by atoms with Gasteiger partial charge in [0.05, 0.1) is 6.54 Å². The van der Waals surface area contributed by atoms with Crippen LogP contribution in [0, 0.1) is 11.3 Å². The number of hydrogen-bond donors (Lipinski definition) is 4. The minimum absolute atomic E-state index is 0.0776. The first-order chi connectivity index (χ1) is 14.8. The molecule has 0 radical (unpaired) electrons. The highest BCUT2D eigenvalue weighted by Crippen LogP contribution is 2.26. The van der Waals surface area contributed by atoms with E-state index in [0.29, 0.717) is 31.1 Å². The van der Waals surface area contributed by atoms with E-state index in [1.807, 2.05) is 49.4 Å². The van der Waals surface area contributed by atoms with Gasteiger partial charge in [0.1, 0.15) is 5.54 Å². The van der Waals surface area contributed by atoms with Gasteiger partial charge in [-0.25, -0.2) is 4.79 Å². The van der Waals surface area contributed by atoms with Gasteiger partial charge in [-0.3, -0.25) is 15.1 Å². The number of anilines is 1. The van der Waals surface area contributed by atoms with Crippen LogP contribution in [-0.4, -0.2) is 34.9 Å². The zero-order valence-electron chi connectivity index (χ0n) is 18.4. The third kappa shape index (κ3) is 5.84. The third-order valence-electron chi connectivity index (χ3n) is 5.29. The lowest BCUT2D eigenvalue weighted by Gasteiger charge is -2.24. The standard InChI is InChI=1S/C24H31N5O2/c1-17(2)15-24(3)21(30)29(22(25)28-24)16-19-9-11-20(12-10-19)27-23(31)26-14-13-18-7-5-4-6-8-18/h4-12,17H,13-16H2,1-3H3,(H2,25,28)(H2,26,27,31). The summed E-state index contributed by atoms with van der Waals surface area (Å²) in [5, 5.41) is 16.9. The second kappa shape index (κ2) is 9.64. The maximum Gasteiger partial charge on any atom is 0.319 e. The Morgan fingerprint density at radius 1 is 1.10 bits per heavy atom. The fourth-order valence-corrected chi connectivity index (χ4v) is 3.90. The van der Waals surface area contributed by atoms with Gasteiger partial charge in [0.2, 0.25) is 0 Å². The van der Waals surface area contributed by atoms with Crippen molar-refractivity contribution in [2.75, 3.05) is 11.9 Å². The molecule has 7 heteroatoms. The van der Waals surface area contributed by atoms with Crippen LogP contribution in [0.1, 0.15) is 38.3 Å². The van der Waals surface area contributed by atoms with Crippen molar-refractivity contribution in [3.05, 3.63) is 65.7 Å². The number of hydrogen-bond acceptors (Lipinski definition) is 3. The van der Waals surface area contributed by atoms with Gasteiger partial charge >= 0.3 is 6.03 Å². The molecule has 1 heterocycles. The lowest BCUT2D eigenvalue weighted by molar-refractivity contribution is -0.131. The van der Waals surface area contributed by atoms with Crippen LogP contribution in [0.25, 0.3) is 0 Å². The third-order valence-corrected chi connectivity index (χ3v) is 5.29. The Morgan fingerprint density at radius 3 is 2.42 bits per heavy atom. The molecule has 1 atom stereocenters. The molecule has 3 rings (SSSR count). The molecule has 2 aromatic carbocycles.